The van der Waals surface area contributed by atoms with Crippen molar-refractivity contribution < 1.29 is 14.4 Å². The number of imide groups is 1. The van der Waals surface area contributed by atoms with Crippen molar-refractivity contribution in [3.63, 3.8) is 0 Å². The summed E-state index contributed by atoms with van der Waals surface area (Å²) in [5, 5.41) is 17.6. The molecule has 3 amide bonds. The number of rotatable bonds is 6. The molecule has 3 aliphatic rings. The van der Waals surface area contributed by atoms with Crippen LogP contribution in [-0.2, 0) is 29.2 Å². The lowest BCUT2D eigenvalue weighted by Crippen LogP contribution is -2.52. The van der Waals surface area contributed by atoms with Crippen LogP contribution >= 0.6 is 0 Å². The zero-order valence-corrected chi connectivity index (χ0v) is 17.8. The molecule has 0 bridgehead atoms. The molecule has 4 heterocycles. The second-order valence-corrected chi connectivity index (χ2v) is 8.67. The molecule has 5 rings (SSSR count). The monoisotopic (exact) mass is 437 g/mol. The van der Waals surface area contributed by atoms with E-state index in [1.54, 1.807) is 4.90 Å². The quantitative estimate of drug-likeness (QED) is 0.554. The second-order valence-electron chi connectivity index (χ2n) is 8.67. The smallest absolute Gasteiger partial charge is 0.255 e. The molecule has 0 saturated carbocycles. The van der Waals surface area contributed by atoms with Crippen LogP contribution in [0.2, 0.25) is 0 Å². The van der Waals surface area contributed by atoms with E-state index in [4.69, 9.17) is 0 Å². The first-order valence-electron chi connectivity index (χ1n) is 11.2. The largest absolute Gasteiger partial charge is 0.322 e. The van der Waals surface area contributed by atoms with Gasteiger partial charge in [0, 0.05) is 31.6 Å². The van der Waals surface area contributed by atoms with Gasteiger partial charge in [-0.2, -0.15) is 0 Å². The van der Waals surface area contributed by atoms with Gasteiger partial charge in [-0.1, -0.05) is 17.3 Å². The molecule has 1 unspecified atom stereocenters. The van der Waals surface area contributed by atoms with Crippen molar-refractivity contribution in [3.8, 4) is 0 Å². The molecule has 1 aromatic carbocycles. The molecular formula is C22H27N7O3. The molecule has 3 N–H and O–H groups in total. The highest BCUT2D eigenvalue weighted by Gasteiger charge is 2.39. The number of hydrogen-bond acceptors (Lipinski definition) is 7. The number of fused-ring (bicyclic) bond motifs is 1. The zero-order chi connectivity index (χ0) is 22.1. The van der Waals surface area contributed by atoms with E-state index in [2.05, 4.69) is 26.3 Å². The van der Waals surface area contributed by atoms with E-state index in [0.717, 1.165) is 42.8 Å². The van der Waals surface area contributed by atoms with Gasteiger partial charge in [-0.3, -0.25) is 19.7 Å². The SMILES string of the molecule is O=C1CCC(N2Cc3ccc(CNCc4cn(C5CCNCC5)nn4)cc3C2=O)C(=O)N1. The summed E-state index contributed by atoms with van der Waals surface area (Å²) in [6.45, 7) is 3.61. The zero-order valence-electron chi connectivity index (χ0n) is 17.8. The van der Waals surface area contributed by atoms with E-state index in [9.17, 15) is 14.4 Å². The van der Waals surface area contributed by atoms with Crippen LogP contribution in [0.5, 0.6) is 0 Å². The second kappa shape index (κ2) is 8.79. The standard InChI is InChI=1S/C22H27N7O3/c30-20-4-3-19(21(31)25-20)28-12-15-2-1-14(9-18(15)22(28)32)10-24-11-16-13-29(27-26-16)17-5-7-23-8-6-17/h1-2,9,13,17,19,23-24H,3-8,10-12H2,(H,25,30,31). The van der Waals surface area contributed by atoms with E-state index in [1.807, 2.05) is 29.1 Å². The van der Waals surface area contributed by atoms with Gasteiger partial charge >= 0.3 is 0 Å². The summed E-state index contributed by atoms with van der Waals surface area (Å²) < 4.78 is 1.97. The average Bonchev–Trinajstić information content (AvgIpc) is 3.40. The number of hydrogen-bond donors (Lipinski definition) is 3. The number of amides is 3. The van der Waals surface area contributed by atoms with Crippen molar-refractivity contribution in [1.29, 1.82) is 0 Å². The lowest BCUT2D eigenvalue weighted by Gasteiger charge is -2.29. The fourth-order valence-corrected chi connectivity index (χ4v) is 4.69. The van der Waals surface area contributed by atoms with Gasteiger partial charge in [0.1, 0.15) is 6.04 Å². The number of carbonyl (C=O) groups is 3. The number of nitrogens with one attached hydrogen (secondary N) is 3. The number of nitrogens with zero attached hydrogens (tertiary/aromatic N) is 4. The van der Waals surface area contributed by atoms with Crippen molar-refractivity contribution in [3.05, 3.63) is 46.8 Å². The Bertz CT molecular complexity index is 1040. The van der Waals surface area contributed by atoms with E-state index in [-0.39, 0.29) is 24.1 Å². The van der Waals surface area contributed by atoms with E-state index in [0.29, 0.717) is 37.7 Å². The molecule has 3 aliphatic heterocycles. The van der Waals surface area contributed by atoms with E-state index >= 15 is 0 Å². The topological polar surface area (TPSA) is 121 Å². The van der Waals surface area contributed by atoms with Crippen molar-refractivity contribution in [2.24, 2.45) is 0 Å². The summed E-state index contributed by atoms with van der Waals surface area (Å²) in [5.74, 6) is -0.817. The molecule has 2 saturated heterocycles. The normalized spacial score (nSPS) is 21.7. The molecule has 168 valence electrons. The lowest BCUT2D eigenvalue weighted by atomic mass is 10.0. The summed E-state index contributed by atoms with van der Waals surface area (Å²) in [4.78, 5) is 38.1. The van der Waals surface area contributed by atoms with Gasteiger partial charge in [0.2, 0.25) is 11.8 Å². The third-order valence-corrected chi connectivity index (χ3v) is 6.47. The molecule has 0 spiro atoms. The molecule has 2 aromatic rings. The Morgan fingerprint density at radius 3 is 2.75 bits per heavy atom. The van der Waals surface area contributed by atoms with Crippen LogP contribution in [0.3, 0.4) is 0 Å². The number of benzene rings is 1. The molecule has 2 fully saturated rings. The highest BCUT2D eigenvalue weighted by atomic mass is 16.2. The highest BCUT2D eigenvalue weighted by molar-refractivity contribution is 6.05. The molecular weight excluding hydrogens is 410 g/mol. The first-order valence-corrected chi connectivity index (χ1v) is 11.2. The summed E-state index contributed by atoms with van der Waals surface area (Å²) in [6, 6.07) is 5.66. The average molecular weight is 438 g/mol. The lowest BCUT2D eigenvalue weighted by molar-refractivity contribution is -0.136. The Balaban J connectivity index is 1.18. The van der Waals surface area contributed by atoms with Crippen LogP contribution in [0, 0.1) is 0 Å². The van der Waals surface area contributed by atoms with Crippen molar-refractivity contribution in [1.82, 2.24) is 35.8 Å². The molecule has 0 radical (unpaired) electrons. The highest BCUT2D eigenvalue weighted by Crippen LogP contribution is 2.28. The van der Waals surface area contributed by atoms with Crippen LogP contribution in [-0.4, -0.2) is 56.7 Å². The van der Waals surface area contributed by atoms with Crippen molar-refractivity contribution in [2.45, 2.75) is 57.4 Å². The Morgan fingerprint density at radius 1 is 1.09 bits per heavy atom. The van der Waals surface area contributed by atoms with Crippen LogP contribution in [0.4, 0.5) is 0 Å². The Kier molecular flexibility index (Phi) is 5.71. The molecule has 32 heavy (non-hydrogen) atoms. The Labute approximate surface area is 185 Å². The fraction of sp³-hybridized carbons (Fsp3) is 0.500. The molecule has 0 aliphatic carbocycles. The fourth-order valence-electron chi connectivity index (χ4n) is 4.69. The van der Waals surface area contributed by atoms with Crippen LogP contribution in [0.1, 0.15) is 58.9 Å². The van der Waals surface area contributed by atoms with Crippen molar-refractivity contribution in [2.75, 3.05) is 13.1 Å². The minimum absolute atomic E-state index is 0.152. The summed E-state index contributed by atoms with van der Waals surface area (Å²) in [6.07, 6.45) is 4.77. The summed E-state index contributed by atoms with van der Waals surface area (Å²) in [5.41, 5.74) is 3.43. The molecule has 1 aromatic heterocycles. The van der Waals surface area contributed by atoms with Gasteiger partial charge in [0.15, 0.2) is 0 Å². The van der Waals surface area contributed by atoms with Gasteiger partial charge in [0.25, 0.3) is 5.91 Å². The first kappa shape index (κ1) is 20.8. The maximum Gasteiger partial charge on any atom is 0.255 e. The Morgan fingerprint density at radius 2 is 1.94 bits per heavy atom. The molecule has 1 atom stereocenters. The van der Waals surface area contributed by atoms with Gasteiger partial charge < -0.3 is 15.5 Å². The van der Waals surface area contributed by atoms with Crippen LogP contribution in [0.15, 0.2) is 24.4 Å². The molecule has 10 heteroatoms. The third kappa shape index (κ3) is 4.15. The predicted molar refractivity (Wildman–Crippen MR) is 114 cm³/mol. The van der Waals surface area contributed by atoms with E-state index < -0.39 is 6.04 Å². The van der Waals surface area contributed by atoms with Gasteiger partial charge in [0.05, 0.1) is 17.9 Å². The van der Waals surface area contributed by atoms with Gasteiger partial charge in [-0.25, -0.2) is 4.68 Å². The molecule has 10 nitrogen and oxygen atoms in total. The minimum atomic E-state index is -0.586. The van der Waals surface area contributed by atoms with Crippen molar-refractivity contribution >= 4 is 17.7 Å². The van der Waals surface area contributed by atoms with E-state index in [1.165, 1.54) is 0 Å². The predicted octanol–water partition coefficient (Wildman–Crippen LogP) is 0.253. The Hall–Kier alpha value is -3.11. The van der Waals surface area contributed by atoms with Gasteiger partial charge in [-0.15, -0.1) is 5.10 Å². The maximum absolute atomic E-state index is 12.9. The number of aromatic nitrogens is 3. The summed E-state index contributed by atoms with van der Waals surface area (Å²) in [7, 11) is 0. The number of carbonyl (C=O) groups excluding carboxylic acids is 3. The third-order valence-electron chi connectivity index (χ3n) is 6.47. The van der Waals surface area contributed by atoms with Crippen LogP contribution in [0.25, 0.3) is 0 Å². The minimum Gasteiger partial charge on any atom is -0.322 e. The maximum atomic E-state index is 12.9. The summed E-state index contributed by atoms with van der Waals surface area (Å²) >= 11 is 0. The van der Waals surface area contributed by atoms with Gasteiger partial charge in [-0.05, 0) is 49.5 Å². The number of piperidine rings is 2. The van der Waals surface area contributed by atoms with Crippen LogP contribution < -0.4 is 16.0 Å². The first-order chi connectivity index (χ1) is 15.6.